The van der Waals surface area contributed by atoms with Crippen molar-refractivity contribution in [2.45, 2.75) is 6.42 Å². The van der Waals surface area contributed by atoms with Crippen molar-refractivity contribution < 1.29 is 4.74 Å². The van der Waals surface area contributed by atoms with E-state index >= 15 is 0 Å². The maximum atomic E-state index is 5.43. The van der Waals surface area contributed by atoms with Gasteiger partial charge in [0.25, 0.3) is 0 Å². The number of ether oxygens (including phenoxy) is 1. The average molecular weight is 195 g/mol. The predicted octanol–water partition coefficient (Wildman–Crippen LogP) is 2.48. The lowest BCUT2D eigenvalue weighted by molar-refractivity contribution is 0.414. The molecule has 0 fully saturated rings. The Morgan fingerprint density at radius 2 is 2.23 bits per heavy atom. The Kier molecular flexibility index (Phi) is 4.21. The van der Waals surface area contributed by atoms with Crippen LogP contribution in [0.3, 0.4) is 0 Å². The summed E-state index contributed by atoms with van der Waals surface area (Å²) >= 11 is 5.43. The summed E-state index contributed by atoms with van der Waals surface area (Å²) in [6.07, 6.45) is 0.726. The molecule has 1 rings (SSSR count). The number of hydrogen-bond acceptors (Lipinski definition) is 1. The fourth-order valence-corrected chi connectivity index (χ4v) is 1.09. The van der Waals surface area contributed by atoms with E-state index in [4.69, 9.17) is 16.3 Å². The van der Waals surface area contributed by atoms with Crippen LogP contribution < -0.4 is 4.74 Å². The molecule has 1 aromatic carbocycles. The summed E-state index contributed by atoms with van der Waals surface area (Å²) < 4.78 is 5.09. The minimum absolute atomic E-state index is 0.393. The highest BCUT2D eigenvalue weighted by atomic mass is 35.5. The van der Waals surface area contributed by atoms with Crippen molar-refractivity contribution in [1.82, 2.24) is 0 Å². The highest BCUT2D eigenvalue weighted by molar-refractivity contribution is 6.19. The molecular formula is C11H11ClO. The quantitative estimate of drug-likeness (QED) is 0.519. The third kappa shape index (κ3) is 3.40. The summed E-state index contributed by atoms with van der Waals surface area (Å²) in [5.74, 6) is 7.03. The van der Waals surface area contributed by atoms with Crippen molar-refractivity contribution in [3.8, 4) is 17.6 Å². The first-order chi connectivity index (χ1) is 6.36. The van der Waals surface area contributed by atoms with E-state index in [1.807, 2.05) is 24.3 Å². The zero-order valence-electron chi connectivity index (χ0n) is 7.51. The smallest absolute Gasteiger partial charge is 0.119 e. The van der Waals surface area contributed by atoms with Crippen LogP contribution >= 0.6 is 11.6 Å². The monoisotopic (exact) mass is 194 g/mol. The van der Waals surface area contributed by atoms with E-state index in [0.29, 0.717) is 5.88 Å². The molecule has 0 aliphatic heterocycles. The zero-order valence-corrected chi connectivity index (χ0v) is 8.27. The van der Waals surface area contributed by atoms with E-state index in [0.717, 1.165) is 17.7 Å². The molecule has 0 atom stereocenters. The second kappa shape index (κ2) is 5.50. The molecule has 13 heavy (non-hydrogen) atoms. The molecule has 0 saturated carbocycles. The summed E-state index contributed by atoms with van der Waals surface area (Å²) in [7, 11) is 1.66. The molecule has 0 bridgehead atoms. The maximum Gasteiger partial charge on any atom is 0.119 e. The van der Waals surface area contributed by atoms with E-state index in [2.05, 4.69) is 11.8 Å². The molecule has 0 spiro atoms. The van der Waals surface area contributed by atoms with Gasteiger partial charge in [-0.15, -0.1) is 11.6 Å². The van der Waals surface area contributed by atoms with Crippen LogP contribution in [0.2, 0.25) is 0 Å². The molecule has 2 heteroatoms. The SMILES string of the molecule is COc1cccc(CC#CCCl)c1. The van der Waals surface area contributed by atoms with Gasteiger partial charge in [-0.2, -0.15) is 0 Å². The van der Waals surface area contributed by atoms with Gasteiger partial charge in [0.05, 0.1) is 13.0 Å². The third-order valence-corrected chi connectivity index (χ3v) is 1.75. The highest BCUT2D eigenvalue weighted by Crippen LogP contribution is 2.12. The van der Waals surface area contributed by atoms with Crippen LogP contribution in [0.5, 0.6) is 5.75 Å². The van der Waals surface area contributed by atoms with Gasteiger partial charge in [0, 0.05) is 6.42 Å². The van der Waals surface area contributed by atoms with Crippen molar-refractivity contribution in [1.29, 1.82) is 0 Å². The van der Waals surface area contributed by atoms with Gasteiger partial charge >= 0.3 is 0 Å². The summed E-state index contributed by atoms with van der Waals surface area (Å²) in [6, 6.07) is 7.86. The van der Waals surface area contributed by atoms with Crippen LogP contribution in [0, 0.1) is 11.8 Å². The third-order valence-electron chi connectivity index (χ3n) is 1.62. The van der Waals surface area contributed by atoms with Crippen molar-refractivity contribution >= 4 is 11.6 Å². The second-order valence-electron chi connectivity index (χ2n) is 2.52. The molecule has 0 radical (unpaired) electrons. The standard InChI is InChI=1S/C11H11ClO/c1-13-11-7-4-6-10(9-11)5-2-3-8-12/h4,6-7,9H,5,8H2,1H3. The second-order valence-corrected chi connectivity index (χ2v) is 2.78. The van der Waals surface area contributed by atoms with Gasteiger partial charge in [-0.3, -0.25) is 0 Å². The molecule has 0 saturated heterocycles. The van der Waals surface area contributed by atoms with Crippen LogP contribution in [0.1, 0.15) is 5.56 Å². The number of rotatable bonds is 2. The van der Waals surface area contributed by atoms with Crippen LogP contribution in [0.15, 0.2) is 24.3 Å². The lowest BCUT2D eigenvalue weighted by atomic mass is 10.1. The normalized spacial score (nSPS) is 8.77. The predicted molar refractivity (Wildman–Crippen MR) is 55.2 cm³/mol. The first kappa shape index (κ1) is 9.95. The summed E-state index contributed by atoms with van der Waals surface area (Å²) in [6.45, 7) is 0. The summed E-state index contributed by atoms with van der Waals surface area (Å²) in [5.41, 5.74) is 1.15. The van der Waals surface area contributed by atoms with Crippen molar-refractivity contribution in [3.05, 3.63) is 29.8 Å². The van der Waals surface area contributed by atoms with E-state index in [-0.39, 0.29) is 0 Å². The van der Waals surface area contributed by atoms with Crippen LogP contribution in [-0.4, -0.2) is 13.0 Å². The molecule has 68 valence electrons. The van der Waals surface area contributed by atoms with Crippen LogP contribution in [-0.2, 0) is 6.42 Å². The average Bonchev–Trinajstić information content (AvgIpc) is 2.19. The number of hydrogen-bond donors (Lipinski definition) is 0. The molecule has 0 aliphatic carbocycles. The molecule has 0 heterocycles. The van der Waals surface area contributed by atoms with Gasteiger partial charge in [-0.1, -0.05) is 24.0 Å². The Morgan fingerprint density at radius 1 is 1.38 bits per heavy atom. The van der Waals surface area contributed by atoms with Gasteiger partial charge in [0.1, 0.15) is 5.75 Å². The Hall–Kier alpha value is -1.13. The summed E-state index contributed by atoms with van der Waals surface area (Å²) in [5, 5.41) is 0. The van der Waals surface area contributed by atoms with Crippen molar-refractivity contribution in [3.63, 3.8) is 0 Å². The van der Waals surface area contributed by atoms with E-state index in [9.17, 15) is 0 Å². The molecule has 0 unspecified atom stereocenters. The van der Waals surface area contributed by atoms with E-state index < -0.39 is 0 Å². The molecule has 1 aromatic rings. The Morgan fingerprint density at radius 3 is 2.92 bits per heavy atom. The van der Waals surface area contributed by atoms with Gasteiger partial charge < -0.3 is 4.74 Å². The van der Waals surface area contributed by atoms with Crippen molar-refractivity contribution in [2.75, 3.05) is 13.0 Å². The Balaban J connectivity index is 2.66. The number of methoxy groups -OCH3 is 1. The topological polar surface area (TPSA) is 9.23 Å². The lowest BCUT2D eigenvalue weighted by Gasteiger charge is -2.00. The number of benzene rings is 1. The maximum absolute atomic E-state index is 5.43. The fourth-order valence-electron chi connectivity index (χ4n) is 0.994. The highest BCUT2D eigenvalue weighted by Gasteiger charge is 1.92. The first-order valence-electron chi connectivity index (χ1n) is 4.01. The van der Waals surface area contributed by atoms with Gasteiger partial charge in [0.15, 0.2) is 0 Å². The molecule has 0 aliphatic rings. The largest absolute Gasteiger partial charge is 0.497 e. The van der Waals surface area contributed by atoms with E-state index in [1.54, 1.807) is 7.11 Å². The summed E-state index contributed by atoms with van der Waals surface area (Å²) in [4.78, 5) is 0. The molecule has 0 amide bonds. The molecule has 0 aromatic heterocycles. The molecule has 1 nitrogen and oxygen atoms in total. The van der Waals surface area contributed by atoms with Gasteiger partial charge in [0.2, 0.25) is 0 Å². The molecule has 0 N–H and O–H groups in total. The lowest BCUT2D eigenvalue weighted by Crippen LogP contribution is -1.85. The Bertz CT molecular complexity index is 322. The van der Waals surface area contributed by atoms with Crippen LogP contribution in [0.4, 0.5) is 0 Å². The minimum atomic E-state index is 0.393. The van der Waals surface area contributed by atoms with Crippen molar-refractivity contribution in [2.24, 2.45) is 0 Å². The zero-order chi connectivity index (χ0) is 9.52. The van der Waals surface area contributed by atoms with Crippen LogP contribution in [0.25, 0.3) is 0 Å². The number of halogens is 1. The number of alkyl halides is 1. The van der Waals surface area contributed by atoms with Gasteiger partial charge in [-0.25, -0.2) is 0 Å². The molecular weight excluding hydrogens is 184 g/mol. The Labute approximate surface area is 83.7 Å². The van der Waals surface area contributed by atoms with Gasteiger partial charge in [-0.05, 0) is 17.7 Å². The first-order valence-corrected chi connectivity index (χ1v) is 4.55. The van der Waals surface area contributed by atoms with E-state index in [1.165, 1.54) is 0 Å². The minimum Gasteiger partial charge on any atom is -0.497 e. The fraction of sp³-hybridized carbons (Fsp3) is 0.273.